The molecule has 1 amide bonds. The molecule has 5 nitrogen and oxygen atoms in total. The Morgan fingerprint density at radius 2 is 1.77 bits per heavy atom. The van der Waals surface area contributed by atoms with Crippen LogP contribution >= 0.6 is 23.2 Å². The quantitative estimate of drug-likeness (QED) is 0.695. The van der Waals surface area contributed by atoms with Crippen molar-refractivity contribution in [2.75, 3.05) is 6.54 Å². The molecule has 0 bridgehead atoms. The maximum absolute atomic E-state index is 12.2. The zero-order valence-electron chi connectivity index (χ0n) is 13.6. The summed E-state index contributed by atoms with van der Waals surface area (Å²) in [4.78, 5) is 20.6. The van der Waals surface area contributed by atoms with Gasteiger partial charge in [0, 0.05) is 40.1 Å². The number of nitrogens with zero attached hydrogens (tertiary/aromatic N) is 2. The van der Waals surface area contributed by atoms with Crippen LogP contribution in [0, 0.1) is 0 Å². The zero-order chi connectivity index (χ0) is 18.5. The Kier molecular flexibility index (Phi) is 5.83. The third-order valence-electron chi connectivity index (χ3n) is 3.72. The molecule has 0 spiro atoms. The van der Waals surface area contributed by atoms with Gasteiger partial charge in [0.05, 0.1) is 11.7 Å². The van der Waals surface area contributed by atoms with Crippen molar-refractivity contribution in [1.29, 1.82) is 0 Å². The minimum Gasteiger partial charge on any atom is -0.387 e. The summed E-state index contributed by atoms with van der Waals surface area (Å²) in [5.74, 6) is 0.156. The number of carbonyl (C=O) groups excluding carboxylic acids is 1. The Labute approximate surface area is 160 Å². The SMILES string of the molecule is O=C(NCC(O)c1ccc(Cl)cc1Cl)c1cnc(-c2ccccc2)nc1. The Bertz CT molecular complexity index is 902. The van der Waals surface area contributed by atoms with Crippen molar-refractivity contribution in [2.45, 2.75) is 6.10 Å². The number of aliphatic hydroxyl groups excluding tert-OH is 1. The molecule has 1 aromatic heterocycles. The Balaban J connectivity index is 1.63. The van der Waals surface area contributed by atoms with Crippen LogP contribution in [0.4, 0.5) is 0 Å². The fraction of sp³-hybridized carbons (Fsp3) is 0.105. The molecule has 0 fully saturated rings. The van der Waals surface area contributed by atoms with Crippen LogP contribution in [-0.4, -0.2) is 27.5 Å². The lowest BCUT2D eigenvalue weighted by molar-refractivity contribution is 0.0915. The molecule has 1 unspecified atom stereocenters. The number of halogens is 2. The summed E-state index contributed by atoms with van der Waals surface area (Å²) in [6, 6.07) is 14.3. The molecule has 0 aliphatic rings. The van der Waals surface area contributed by atoms with Crippen LogP contribution in [0.1, 0.15) is 22.0 Å². The number of amides is 1. The number of hydrogen-bond donors (Lipinski definition) is 2. The molecular weight excluding hydrogens is 373 g/mol. The summed E-state index contributed by atoms with van der Waals surface area (Å²) in [6.07, 6.45) is 1.95. The summed E-state index contributed by atoms with van der Waals surface area (Å²) in [6.45, 7) is 0.000617. The lowest BCUT2D eigenvalue weighted by atomic mass is 10.1. The number of nitrogens with one attached hydrogen (secondary N) is 1. The van der Waals surface area contributed by atoms with E-state index in [-0.39, 0.29) is 12.5 Å². The van der Waals surface area contributed by atoms with E-state index in [0.29, 0.717) is 27.0 Å². The first-order valence-corrected chi connectivity index (χ1v) is 8.59. The minimum absolute atomic E-state index is 0.000617. The van der Waals surface area contributed by atoms with E-state index < -0.39 is 6.10 Å². The van der Waals surface area contributed by atoms with E-state index in [1.165, 1.54) is 12.4 Å². The first-order valence-electron chi connectivity index (χ1n) is 7.83. The molecule has 0 aliphatic heterocycles. The molecule has 0 saturated carbocycles. The predicted molar refractivity (Wildman–Crippen MR) is 101 cm³/mol. The van der Waals surface area contributed by atoms with Crippen molar-refractivity contribution in [3.05, 3.63) is 82.1 Å². The average molecular weight is 388 g/mol. The second kappa shape index (κ2) is 8.27. The first-order chi connectivity index (χ1) is 12.5. The monoisotopic (exact) mass is 387 g/mol. The van der Waals surface area contributed by atoms with E-state index >= 15 is 0 Å². The van der Waals surface area contributed by atoms with Crippen LogP contribution in [0.15, 0.2) is 60.9 Å². The highest BCUT2D eigenvalue weighted by Gasteiger charge is 2.14. The fourth-order valence-corrected chi connectivity index (χ4v) is 2.89. The van der Waals surface area contributed by atoms with E-state index in [9.17, 15) is 9.90 Å². The lowest BCUT2D eigenvalue weighted by Crippen LogP contribution is -2.28. The summed E-state index contributed by atoms with van der Waals surface area (Å²) in [5.41, 5.74) is 1.67. The molecule has 1 heterocycles. The minimum atomic E-state index is -0.951. The molecule has 0 saturated heterocycles. The highest BCUT2D eigenvalue weighted by molar-refractivity contribution is 6.35. The largest absolute Gasteiger partial charge is 0.387 e. The predicted octanol–water partition coefficient (Wildman–Crippen LogP) is 3.91. The molecule has 1 atom stereocenters. The van der Waals surface area contributed by atoms with Gasteiger partial charge in [0.1, 0.15) is 0 Å². The van der Waals surface area contributed by atoms with Gasteiger partial charge in [0.2, 0.25) is 0 Å². The van der Waals surface area contributed by atoms with Crippen molar-refractivity contribution in [3.8, 4) is 11.4 Å². The van der Waals surface area contributed by atoms with E-state index in [4.69, 9.17) is 23.2 Å². The molecule has 0 aliphatic carbocycles. The first kappa shape index (κ1) is 18.3. The molecular formula is C19H15Cl2N3O2. The van der Waals surface area contributed by atoms with E-state index in [2.05, 4.69) is 15.3 Å². The van der Waals surface area contributed by atoms with Crippen LogP contribution in [-0.2, 0) is 0 Å². The Morgan fingerprint density at radius 3 is 2.42 bits per heavy atom. The van der Waals surface area contributed by atoms with Gasteiger partial charge in [0.15, 0.2) is 5.82 Å². The van der Waals surface area contributed by atoms with E-state index in [1.807, 2.05) is 30.3 Å². The number of aliphatic hydroxyl groups is 1. The smallest absolute Gasteiger partial charge is 0.254 e. The third kappa shape index (κ3) is 4.38. The fourth-order valence-electron chi connectivity index (χ4n) is 2.35. The standard InChI is InChI=1S/C19H15Cl2N3O2/c20-14-6-7-15(16(21)8-14)17(25)11-24-19(26)13-9-22-18(23-10-13)12-4-2-1-3-5-12/h1-10,17,25H,11H2,(H,24,26). The molecule has 2 N–H and O–H groups in total. The Morgan fingerprint density at radius 1 is 1.08 bits per heavy atom. The summed E-state index contributed by atoms with van der Waals surface area (Å²) >= 11 is 11.9. The van der Waals surface area contributed by atoms with E-state index in [0.717, 1.165) is 5.56 Å². The number of benzene rings is 2. The van der Waals surface area contributed by atoms with Crippen LogP contribution in [0.25, 0.3) is 11.4 Å². The van der Waals surface area contributed by atoms with Gasteiger partial charge in [-0.05, 0) is 12.1 Å². The second-order valence-corrected chi connectivity index (χ2v) is 6.40. The van der Waals surface area contributed by atoms with Gasteiger partial charge in [-0.15, -0.1) is 0 Å². The molecule has 0 radical (unpaired) electrons. The zero-order valence-corrected chi connectivity index (χ0v) is 15.1. The van der Waals surface area contributed by atoms with Crippen LogP contribution in [0.2, 0.25) is 10.0 Å². The van der Waals surface area contributed by atoms with Crippen molar-refractivity contribution in [1.82, 2.24) is 15.3 Å². The normalized spacial score (nSPS) is 11.8. The van der Waals surface area contributed by atoms with Gasteiger partial charge in [0.25, 0.3) is 5.91 Å². The number of aromatic nitrogens is 2. The van der Waals surface area contributed by atoms with Crippen molar-refractivity contribution in [2.24, 2.45) is 0 Å². The molecule has 7 heteroatoms. The average Bonchev–Trinajstić information content (AvgIpc) is 2.66. The molecule has 26 heavy (non-hydrogen) atoms. The second-order valence-electron chi connectivity index (χ2n) is 5.55. The highest BCUT2D eigenvalue weighted by atomic mass is 35.5. The van der Waals surface area contributed by atoms with Gasteiger partial charge in [-0.2, -0.15) is 0 Å². The van der Waals surface area contributed by atoms with Gasteiger partial charge < -0.3 is 10.4 Å². The molecule has 3 rings (SSSR count). The van der Waals surface area contributed by atoms with Gasteiger partial charge in [-0.1, -0.05) is 59.6 Å². The van der Waals surface area contributed by atoms with Crippen molar-refractivity contribution < 1.29 is 9.90 Å². The number of carbonyl (C=O) groups is 1. The molecule has 2 aromatic carbocycles. The van der Waals surface area contributed by atoms with Crippen LogP contribution in [0.3, 0.4) is 0 Å². The van der Waals surface area contributed by atoms with Gasteiger partial charge >= 0.3 is 0 Å². The number of rotatable bonds is 5. The van der Waals surface area contributed by atoms with Crippen LogP contribution < -0.4 is 5.32 Å². The number of hydrogen-bond acceptors (Lipinski definition) is 4. The summed E-state index contributed by atoms with van der Waals surface area (Å²) in [7, 11) is 0. The van der Waals surface area contributed by atoms with Gasteiger partial charge in [-0.3, -0.25) is 4.79 Å². The maximum atomic E-state index is 12.2. The third-order valence-corrected chi connectivity index (χ3v) is 4.29. The van der Waals surface area contributed by atoms with E-state index in [1.54, 1.807) is 18.2 Å². The highest BCUT2D eigenvalue weighted by Crippen LogP contribution is 2.26. The molecule has 3 aromatic rings. The lowest BCUT2D eigenvalue weighted by Gasteiger charge is -2.14. The van der Waals surface area contributed by atoms with Crippen molar-refractivity contribution in [3.63, 3.8) is 0 Å². The van der Waals surface area contributed by atoms with Gasteiger partial charge in [-0.25, -0.2) is 9.97 Å². The maximum Gasteiger partial charge on any atom is 0.254 e. The van der Waals surface area contributed by atoms with Crippen molar-refractivity contribution >= 4 is 29.1 Å². The summed E-state index contributed by atoms with van der Waals surface area (Å²) < 4.78 is 0. The Hall–Kier alpha value is -2.47. The van der Waals surface area contributed by atoms with Crippen LogP contribution in [0.5, 0.6) is 0 Å². The topological polar surface area (TPSA) is 75.1 Å². The molecule has 132 valence electrons. The summed E-state index contributed by atoms with van der Waals surface area (Å²) in [5, 5.41) is 13.7.